The molecular weight excluding hydrogens is 470 g/mol. The highest BCUT2D eigenvalue weighted by Crippen LogP contribution is 2.41. The molecule has 4 aromatic heterocycles. The maximum atomic E-state index is 6.17. The van der Waals surface area contributed by atoms with Gasteiger partial charge in [0.25, 0.3) is 0 Å². The number of aromatic nitrogens is 5. The van der Waals surface area contributed by atoms with E-state index in [9.17, 15) is 0 Å². The van der Waals surface area contributed by atoms with Crippen LogP contribution in [0.2, 0.25) is 0 Å². The molecule has 8 nitrogen and oxygen atoms in total. The molecule has 184 valence electrons. The average Bonchev–Trinajstić information content (AvgIpc) is 3.64. The first-order valence-corrected chi connectivity index (χ1v) is 13.1. The lowest BCUT2D eigenvalue weighted by molar-refractivity contribution is 0.134. The summed E-state index contributed by atoms with van der Waals surface area (Å²) < 4.78 is 8.08. The van der Waals surface area contributed by atoms with Gasteiger partial charge in [-0.05, 0) is 20.0 Å². The fraction of sp³-hybridized carbons (Fsp3) is 0.296. The van der Waals surface area contributed by atoms with E-state index < -0.39 is 0 Å². The molecule has 0 bridgehead atoms. The highest BCUT2D eigenvalue weighted by atomic mass is 32.1. The summed E-state index contributed by atoms with van der Waals surface area (Å²) in [5, 5.41) is 5.68. The summed E-state index contributed by atoms with van der Waals surface area (Å²) in [4.78, 5) is 18.7. The molecule has 1 N–H and O–H groups in total. The van der Waals surface area contributed by atoms with Crippen molar-refractivity contribution in [2.45, 2.75) is 6.92 Å². The number of benzene rings is 1. The van der Waals surface area contributed by atoms with Crippen LogP contribution in [0.3, 0.4) is 0 Å². The van der Waals surface area contributed by atoms with Gasteiger partial charge in [0.05, 0.1) is 27.3 Å². The fourth-order valence-electron chi connectivity index (χ4n) is 4.63. The molecule has 1 aliphatic heterocycles. The number of piperazine rings is 1. The quantitative estimate of drug-likeness (QED) is 0.357. The van der Waals surface area contributed by atoms with E-state index in [-0.39, 0.29) is 0 Å². The largest absolute Gasteiger partial charge is 0.492 e. The van der Waals surface area contributed by atoms with Crippen LogP contribution in [0.15, 0.2) is 61.1 Å². The number of nitrogens with zero attached hydrogens (tertiary/aromatic N) is 6. The Morgan fingerprint density at radius 2 is 1.92 bits per heavy atom. The number of imidazole rings is 1. The predicted octanol–water partition coefficient (Wildman–Crippen LogP) is 4.45. The third kappa shape index (κ3) is 4.53. The van der Waals surface area contributed by atoms with E-state index in [1.165, 1.54) is 0 Å². The van der Waals surface area contributed by atoms with Crippen LogP contribution in [0.5, 0.6) is 5.75 Å². The Morgan fingerprint density at radius 3 is 2.69 bits per heavy atom. The van der Waals surface area contributed by atoms with E-state index >= 15 is 0 Å². The molecule has 1 saturated heterocycles. The van der Waals surface area contributed by atoms with E-state index in [1.54, 1.807) is 17.5 Å². The van der Waals surface area contributed by atoms with Crippen molar-refractivity contribution in [3.8, 4) is 38.3 Å². The van der Waals surface area contributed by atoms with Crippen LogP contribution in [-0.4, -0.2) is 80.7 Å². The van der Waals surface area contributed by atoms with Gasteiger partial charge in [0, 0.05) is 62.9 Å². The van der Waals surface area contributed by atoms with Crippen molar-refractivity contribution in [3.63, 3.8) is 0 Å². The first kappa shape index (κ1) is 22.9. The van der Waals surface area contributed by atoms with E-state index in [0.29, 0.717) is 6.61 Å². The molecule has 5 aromatic rings. The first-order valence-electron chi connectivity index (χ1n) is 12.2. The van der Waals surface area contributed by atoms with Crippen LogP contribution >= 0.6 is 11.3 Å². The summed E-state index contributed by atoms with van der Waals surface area (Å²) in [5.74, 6) is 1.67. The van der Waals surface area contributed by atoms with Crippen LogP contribution in [0.4, 0.5) is 0 Å². The maximum Gasteiger partial charge on any atom is 0.149 e. The third-order valence-corrected chi connectivity index (χ3v) is 7.73. The van der Waals surface area contributed by atoms with Crippen molar-refractivity contribution in [2.75, 3.05) is 46.4 Å². The van der Waals surface area contributed by atoms with Crippen molar-refractivity contribution in [2.24, 2.45) is 0 Å². The molecular formula is C27H29N7OS. The summed E-state index contributed by atoms with van der Waals surface area (Å²) in [6, 6.07) is 14.3. The van der Waals surface area contributed by atoms with Gasteiger partial charge < -0.3 is 14.6 Å². The van der Waals surface area contributed by atoms with Crippen LogP contribution in [0.25, 0.3) is 38.0 Å². The lowest BCUT2D eigenvalue weighted by atomic mass is 10.1. The minimum atomic E-state index is 0.667. The molecule has 36 heavy (non-hydrogen) atoms. The number of rotatable bonds is 7. The Labute approximate surface area is 214 Å². The number of pyridine rings is 1. The number of aromatic amines is 1. The molecule has 5 heterocycles. The number of thiazole rings is 1. The zero-order valence-corrected chi connectivity index (χ0v) is 21.3. The number of aryl methyl sites for hydroxylation is 1. The molecule has 1 fully saturated rings. The summed E-state index contributed by atoms with van der Waals surface area (Å²) in [7, 11) is 2.18. The molecule has 0 saturated carbocycles. The summed E-state index contributed by atoms with van der Waals surface area (Å²) in [6.07, 6.45) is 5.59. The van der Waals surface area contributed by atoms with Gasteiger partial charge in [-0.2, -0.15) is 5.10 Å². The predicted molar refractivity (Wildman–Crippen MR) is 143 cm³/mol. The highest BCUT2D eigenvalue weighted by Gasteiger charge is 2.22. The van der Waals surface area contributed by atoms with Gasteiger partial charge in [-0.15, -0.1) is 11.3 Å². The third-order valence-electron chi connectivity index (χ3n) is 6.66. The number of nitrogens with one attached hydrogen (secondary N) is 1. The van der Waals surface area contributed by atoms with E-state index in [1.807, 2.05) is 48.1 Å². The summed E-state index contributed by atoms with van der Waals surface area (Å²) in [6.45, 7) is 8.05. The normalized spacial score (nSPS) is 15.1. The van der Waals surface area contributed by atoms with Gasteiger partial charge in [0.1, 0.15) is 23.2 Å². The summed E-state index contributed by atoms with van der Waals surface area (Å²) in [5.41, 5.74) is 4.93. The number of hydrogen-bond acceptors (Lipinski definition) is 7. The molecule has 0 unspecified atom stereocenters. The Morgan fingerprint density at radius 1 is 1.08 bits per heavy atom. The zero-order valence-electron chi connectivity index (χ0n) is 20.5. The second-order valence-corrected chi connectivity index (χ2v) is 10.1. The first-order chi connectivity index (χ1) is 17.7. The van der Waals surface area contributed by atoms with Gasteiger partial charge in [-0.25, -0.2) is 14.5 Å². The number of hydrogen-bond donors (Lipinski definition) is 1. The van der Waals surface area contributed by atoms with Crippen LogP contribution in [0.1, 0.15) is 5.69 Å². The molecule has 1 aliphatic rings. The molecule has 6 rings (SSSR count). The van der Waals surface area contributed by atoms with Crippen molar-refractivity contribution < 1.29 is 4.74 Å². The molecule has 0 radical (unpaired) electrons. The van der Waals surface area contributed by atoms with Crippen molar-refractivity contribution in [3.05, 3.63) is 66.7 Å². The Bertz CT molecular complexity index is 1450. The molecule has 0 aliphatic carbocycles. The molecule has 0 spiro atoms. The van der Waals surface area contributed by atoms with E-state index in [4.69, 9.17) is 14.8 Å². The molecule has 9 heteroatoms. The smallest absolute Gasteiger partial charge is 0.149 e. The van der Waals surface area contributed by atoms with Crippen LogP contribution in [-0.2, 0) is 0 Å². The second kappa shape index (κ2) is 9.85. The van der Waals surface area contributed by atoms with Crippen molar-refractivity contribution in [1.29, 1.82) is 0 Å². The maximum absolute atomic E-state index is 6.17. The lowest BCUT2D eigenvalue weighted by Crippen LogP contribution is -2.45. The zero-order chi connectivity index (χ0) is 24.5. The highest BCUT2D eigenvalue weighted by molar-refractivity contribution is 7.19. The van der Waals surface area contributed by atoms with Gasteiger partial charge >= 0.3 is 0 Å². The van der Waals surface area contributed by atoms with Gasteiger partial charge in [0.2, 0.25) is 0 Å². The number of ether oxygens (including phenoxy) is 1. The lowest BCUT2D eigenvalue weighted by Gasteiger charge is -2.32. The minimum absolute atomic E-state index is 0.667. The SMILES string of the molecule is Cc1nn2ccc(OCCN3CCN(C)CC3)cc2c1-c1nc(-c2ccccc2)c(-c2ncc[nH]2)s1. The molecule has 0 atom stereocenters. The van der Waals surface area contributed by atoms with Crippen molar-refractivity contribution in [1.82, 2.24) is 34.4 Å². The number of likely N-dealkylation sites (N-methyl/N-ethyl adjacent to an activating group) is 1. The Balaban J connectivity index is 1.31. The average molecular weight is 500 g/mol. The number of H-pyrrole nitrogens is 1. The van der Waals surface area contributed by atoms with E-state index in [2.05, 4.69) is 45.0 Å². The molecule has 1 aromatic carbocycles. The molecule has 0 amide bonds. The minimum Gasteiger partial charge on any atom is -0.492 e. The van der Waals surface area contributed by atoms with Gasteiger partial charge in [-0.3, -0.25) is 4.90 Å². The fourth-order valence-corrected chi connectivity index (χ4v) is 5.78. The Hall–Kier alpha value is -3.53. The van der Waals surface area contributed by atoms with Gasteiger partial charge in [0.15, 0.2) is 0 Å². The monoisotopic (exact) mass is 499 g/mol. The second-order valence-electron chi connectivity index (χ2n) is 9.15. The van der Waals surface area contributed by atoms with Crippen molar-refractivity contribution >= 4 is 16.9 Å². The van der Waals surface area contributed by atoms with Gasteiger partial charge in [-0.1, -0.05) is 30.3 Å². The standard InChI is InChI=1S/C27H29N7OS/c1-19-23(27-30-24(20-6-4-3-5-7-20)25(36-27)26-28-9-10-29-26)22-18-21(8-11-34(22)31-19)35-17-16-33-14-12-32(2)13-15-33/h3-11,18H,12-17H2,1-2H3,(H,28,29). The summed E-state index contributed by atoms with van der Waals surface area (Å²) >= 11 is 1.63. The Kier molecular flexibility index (Phi) is 6.27. The number of fused-ring (bicyclic) bond motifs is 1. The van der Waals surface area contributed by atoms with Crippen LogP contribution < -0.4 is 4.74 Å². The topological polar surface area (TPSA) is 74.6 Å². The van der Waals surface area contributed by atoms with E-state index in [0.717, 1.165) is 82.2 Å². The van der Waals surface area contributed by atoms with Crippen LogP contribution in [0, 0.1) is 6.92 Å².